The number of rotatable bonds is 5. The second-order valence-corrected chi connectivity index (χ2v) is 10.1. The fourth-order valence-electron chi connectivity index (χ4n) is 6.22. The molecule has 2 aromatic rings. The van der Waals surface area contributed by atoms with E-state index in [0.717, 1.165) is 29.7 Å². The number of carbonyl (C=O) groups is 4. The predicted octanol–water partition coefficient (Wildman–Crippen LogP) is 4.14. The smallest absolute Gasteiger partial charge is 0.330 e. The van der Waals surface area contributed by atoms with Crippen molar-refractivity contribution in [3.63, 3.8) is 0 Å². The summed E-state index contributed by atoms with van der Waals surface area (Å²) in [5.41, 5.74) is -0.577. The average Bonchev–Trinajstić information content (AvgIpc) is 3.33. The molecule has 36 heavy (non-hydrogen) atoms. The molecule has 1 N–H and O–H groups in total. The summed E-state index contributed by atoms with van der Waals surface area (Å²) in [6.07, 6.45) is 7.78. The highest BCUT2D eigenvalue weighted by Crippen LogP contribution is 2.51. The summed E-state index contributed by atoms with van der Waals surface area (Å²) in [6, 6.07) is 17.1. The first kappa shape index (κ1) is 24.0. The molecule has 0 radical (unpaired) electrons. The van der Waals surface area contributed by atoms with E-state index in [4.69, 9.17) is 0 Å². The van der Waals surface area contributed by atoms with Crippen LogP contribution in [-0.2, 0) is 19.2 Å². The molecule has 1 saturated carbocycles. The molecule has 0 aromatic heterocycles. The van der Waals surface area contributed by atoms with Crippen molar-refractivity contribution in [3.05, 3.63) is 72.3 Å². The Kier molecular flexibility index (Phi) is 6.24. The summed E-state index contributed by atoms with van der Waals surface area (Å²) in [5.74, 6) is -5.05. The minimum Gasteiger partial charge on any atom is -0.479 e. The molecule has 2 saturated heterocycles. The van der Waals surface area contributed by atoms with Crippen molar-refractivity contribution < 1.29 is 24.3 Å². The van der Waals surface area contributed by atoms with E-state index >= 15 is 0 Å². The van der Waals surface area contributed by atoms with Crippen molar-refractivity contribution in [2.45, 2.75) is 50.6 Å². The zero-order chi connectivity index (χ0) is 25.4. The van der Waals surface area contributed by atoms with Gasteiger partial charge in [0.2, 0.25) is 17.7 Å². The number of benzene rings is 2. The molecule has 0 spiro atoms. The standard InChI is InChI=1S/C29H30N2O5/c1-29(28(35)36)24-23(26(33)30(27(24)34)21-15-9-4-10-16-21)22(18-17-19-11-5-2-6-12-19)31(29)25(32)20-13-7-3-8-14-20/h2,4-6,9-12,15-18,20,22-24H,3,7-8,13-14H2,1H3,(H,35,36). The van der Waals surface area contributed by atoms with Gasteiger partial charge in [0.25, 0.3) is 0 Å². The van der Waals surface area contributed by atoms with Gasteiger partial charge < -0.3 is 10.0 Å². The molecule has 3 amide bonds. The number of carboxylic acid groups (broad SMARTS) is 1. The maximum Gasteiger partial charge on any atom is 0.330 e. The zero-order valence-corrected chi connectivity index (χ0v) is 20.2. The number of hydrogen-bond acceptors (Lipinski definition) is 4. The zero-order valence-electron chi connectivity index (χ0n) is 20.2. The minimum absolute atomic E-state index is 0.274. The van der Waals surface area contributed by atoms with Gasteiger partial charge in [-0.2, -0.15) is 0 Å². The second-order valence-electron chi connectivity index (χ2n) is 10.1. The van der Waals surface area contributed by atoms with E-state index < -0.39 is 41.2 Å². The van der Waals surface area contributed by atoms with Crippen LogP contribution in [0.1, 0.15) is 44.6 Å². The summed E-state index contributed by atoms with van der Waals surface area (Å²) in [4.78, 5) is 56.8. The van der Waals surface area contributed by atoms with Crippen LogP contribution in [0.15, 0.2) is 66.7 Å². The molecule has 4 unspecified atom stereocenters. The summed E-state index contributed by atoms with van der Waals surface area (Å²) in [5, 5.41) is 10.5. The highest BCUT2D eigenvalue weighted by Gasteiger charge is 2.71. The van der Waals surface area contributed by atoms with E-state index in [2.05, 4.69) is 0 Å². The van der Waals surface area contributed by atoms with Gasteiger partial charge in [0.1, 0.15) is 0 Å². The van der Waals surface area contributed by atoms with Crippen molar-refractivity contribution >= 4 is 35.5 Å². The van der Waals surface area contributed by atoms with Gasteiger partial charge in [-0.15, -0.1) is 0 Å². The van der Waals surface area contributed by atoms with Crippen molar-refractivity contribution in [1.29, 1.82) is 0 Å². The predicted molar refractivity (Wildman–Crippen MR) is 135 cm³/mol. The molecule has 7 nitrogen and oxygen atoms in total. The summed E-state index contributed by atoms with van der Waals surface area (Å²) < 4.78 is 0. The lowest BCUT2D eigenvalue weighted by Crippen LogP contribution is -2.60. The second kappa shape index (κ2) is 9.37. The van der Waals surface area contributed by atoms with Crippen molar-refractivity contribution in [1.82, 2.24) is 4.90 Å². The molecule has 3 aliphatic rings. The van der Waals surface area contributed by atoms with Crippen molar-refractivity contribution in [2.75, 3.05) is 4.90 Å². The molecule has 5 rings (SSSR count). The average molecular weight is 487 g/mol. The number of carbonyl (C=O) groups excluding carboxylic acids is 3. The van der Waals surface area contributed by atoms with E-state index in [-0.39, 0.29) is 11.8 Å². The van der Waals surface area contributed by atoms with Gasteiger partial charge >= 0.3 is 5.97 Å². The number of likely N-dealkylation sites (tertiary alicyclic amines) is 1. The number of aliphatic carboxylic acids is 1. The maximum atomic E-state index is 13.9. The van der Waals surface area contributed by atoms with Crippen LogP contribution in [-0.4, -0.2) is 45.3 Å². The fourth-order valence-corrected chi connectivity index (χ4v) is 6.22. The molecule has 2 aromatic carbocycles. The number of para-hydroxylation sites is 1. The molecule has 1 aliphatic carbocycles. The van der Waals surface area contributed by atoms with Crippen LogP contribution in [0.5, 0.6) is 0 Å². The Morgan fingerprint density at radius 1 is 0.917 bits per heavy atom. The number of nitrogens with zero attached hydrogens (tertiary/aromatic N) is 2. The molecular formula is C29H30N2O5. The van der Waals surface area contributed by atoms with Crippen LogP contribution in [0.2, 0.25) is 0 Å². The third-order valence-electron chi connectivity index (χ3n) is 8.05. The number of imide groups is 1. The molecule has 3 fully saturated rings. The fraction of sp³-hybridized carbons (Fsp3) is 0.379. The highest BCUT2D eigenvalue weighted by atomic mass is 16.4. The first-order valence-corrected chi connectivity index (χ1v) is 12.6. The van der Waals surface area contributed by atoms with Gasteiger partial charge in [-0.3, -0.25) is 14.4 Å². The Bertz CT molecular complexity index is 1200. The lowest BCUT2D eigenvalue weighted by molar-refractivity contribution is -0.162. The highest BCUT2D eigenvalue weighted by molar-refractivity contribution is 6.24. The number of anilines is 1. The normalized spacial score (nSPS) is 28.6. The summed E-state index contributed by atoms with van der Waals surface area (Å²) in [7, 11) is 0. The van der Waals surface area contributed by atoms with E-state index in [1.807, 2.05) is 30.3 Å². The maximum absolute atomic E-state index is 13.9. The Balaban J connectivity index is 1.63. The van der Waals surface area contributed by atoms with Gasteiger partial charge in [-0.25, -0.2) is 9.69 Å². The van der Waals surface area contributed by atoms with Gasteiger partial charge in [0, 0.05) is 5.92 Å². The van der Waals surface area contributed by atoms with Crippen LogP contribution in [0, 0.1) is 17.8 Å². The SMILES string of the molecule is CC1(C(=O)O)C2C(=O)N(c3ccccc3)C(=O)C2C(C=Cc2ccccc2)N1C(=O)C1CCCCC1. The molecular weight excluding hydrogens is 456 g/mol. The first-order valence-electron chi connectivity index (χ1n) is 12.6. The monoisotopic (exact) mass is 486 g/mol. The van der Waals surface area contributed by atoms with Gasteiger partial charge in [0.05, 0.1) is 23.6 Å². The number of carboxylic acids is 1. The molecule has 186 valence electrons. The number of hydrogen-bond donors (Lipinski definition) is 1. The molecule has 2 heterocycles. The van der Waals surface area contributed by atoms with Crippen LogP contribution < -0.4 is 4.90 Å². The quantitative estimate of drug-likeness (QED) is 0.641. The summed E-state index contributed by atoms with van der Waals surface area (Å²) >= 11 is 0. The van der Waals surface area contributed by atoms with E-state index in [1.54, 1.807) is 42.5 Å². The number of amides is 3. The molecule has 2 aliphatic heterocycles. The van der Waals surface area contributed by atoms with E-state index in [9.17, 15) is 24.3 Å². The Hall–Kier alpha value is -3.74. The van der Waals surface area contributed by atoms with Crippen LogP contribution >= 0.6 is 0 Å². The van der Waals surface area contributed by atoms with E-state index in [1.165, 1.54) is 11.8 Å². The van der Waals surface area contributed by atoms with Gasteiger partial charge in [0.15, 0.2) is 5.54 Å². The molecule has 0 bridgehead atoms. The largest absolute Gasteiger partial charge is 0.479 e. The van der Waals surface area contributed by atoms with E-state index in [0.29, 0.717) is 18.5 Å². The van der Waals surface area contributed by atoms with Gasteiger partial charge in [-0.05, 0) is 37.5 Å². The van der Waals surface area contributed by atoms with Crippen LogP contribution in [0.25, 0.3) is 6.08 Å². The number of fused-ring (bicyclic) bond motifs is 1. The third-order valence-corrected chi connectivity index (χ3v) is 8.05. The van der Waals surface area contributed by atoms with Crippen molar-refractivity contribution in [3.8, 4) is 0 Å². The summed E-state index contributed by atoms with van der Waals surface area (Å²) in [6.45, 7) is 1.43. The van der Waals surface area contributed by atoms with Crippen LogP contribution in [0.3, 0.4) is 0 Å². The topological polar surface area (TPSA) is 95.0 Å². The molecule has 4 atom stereocenters. The lowest BCUT2D eigenvalue weighted by atomic mass is 9.80. The van der Waals surface area contributed by atoms with Crippen LogP contribution in [0.4, 0.5) is 5.69 Å². The Morgan fingerprint density at radius 2 is 1.53 bits per heavy atom. The Labute approximate surface area is 210 Å². The first-order chi connectivity index (χ1) is 17.4. The Morgan fingerprint density at radius 3 is 2.14 bits per heavy atom. The minimum atomic E-state index is -1.85. The van der Waals surface area contributed by atoms with Crippen molar-refractivity contribution in [2.24, 2.45) is 17.8 Å². The lowest BCUT2D eigenvalue weighted by Gasteiger charge is -2.40. The molecule has 7 heteroatoms. The van der Waals surface area contributed by atoms with Gasteiger partial charge in [-0.1, -0.05) is 79.9 Å². The third kappa shape index (κ3) is 3.74.